The monoisotopic (exact) mass is 399 g/mol. The number of ketones is 1. The van der Waals surface area contributed by atoms with Crippen molar-refractivity contribution < 1.29 is 17.9 Å². The molecule has 142 valence electrons. The summed E-state index contributed by atoms with van der Waals surface area (Å²) in [4.78, 5) is 14.6. The molecule has 1 saturated heterocycles. The number of carbonyl (C=O) groups is 1. The molecule has 0 radical (unpaired) electrons. The van der Waals surface area contributed by atoms with E-state index in [1.165, 1.54) is 16.7 Å². The normalized spacial score (nSPS) is 28.0. The SMILES string of the molecule is COC1(c2nnnn2C)C(=S)N2C(C(=O)C(C)(C)C)=C(C)CS(=O)(=O)[C@@H]21. The van der Waals surface area contributed by atoms with Crippen molar-refractivity contribution in [3.63, 3.8) is 0 Å². The van der Waals surface area contributed by atoms with Crippen LogP contribution in [0.25, 0.3) is 0 Å². The quantitative estimate of drug-likeness (QED) is 0.665. The van der Waals surface area contributed by atoms with Gasteiger partial charge in [-0.05, 0) is 22.9 Å². The molecule has 1 fully saturated rings. The first-order valence-corrected chi connectivity index (χ1v) is 10.1. The molecule has 1 unspecified atom stereocenters. The average Bonchev–Trinajstić information content (AvgIpc) is 2.93. The lowest BCUT2D eigenvalue weighted by Gasteiger charge is -2.57. The van der Waals surface area contributed by atoms with Crippen LogP contribution in [0.15, 0.2) is 11.3 Å². The van der Waals surface area contributed by atoms with Crippen molar-refractivity contribution >= 4 is 32.8 Å². The number of aromatic nitrogens is 4. The molecule has 9 nitrogen and oxygen atoms in total. The maximum absolute atomic E-state index is 13.0. The summed E-state index contributed by atoms with van der Waals surface area (Å²) in [5, 5.41) is 10.1. The van der Waals surface area contributed by atoms with E-state index in [1.807, 2.05) is 0 Å². The predicted molar refractivity (Wildman–Crippen MR) is 96.7 cm³/mol. The molecule has 1 aromatic heterocycles. The van der Waals surface area contributed by atoms with Gasteiger partial charge in [0.05, 0.1) is 11.4 Å². The van der Waals surface area contributed by atoms with E-state index < -0.39 is 26.2 Å². The molecule has 1 aromatic rings. The number of carbonyl (C=O) groups excluding carboxylic acids is 1. The molecule has 11 heteroatoms. The van der Waals surface area contributed by atoms with Crippen LogP contribution in [0.3, 0.4) is 0 Å². The first-order chi connectivity index (χ1) is 11.9. The van der Waals surface area contributed by atoms with Crippen LogP contribution in [0, 0.1) is 5.41 Å². The molecule has 0 saturated carbocycles. The van der Waals surface area contributed by atoms with Crippen LogP contribution in [0.4, 0.5) is 0 Å². The number of hydrogen-bond donors (Lipinski definition) is 0. The Labute approximate surface area is 157 Å². The van der Waals surface area contributed by atoms with Crippen LogP contribution >= 0.6 is 12.2 Å². The standard InChI is InChI=1S/C15H21N5O4S2/c1-8-7-26(22,23)13-15(24-6,11-16-17-18-19(11)5)12(25)20(13)9(8)10(21)14(2,3)4/h13H,7H2,1-6H3/t13-,15?/m1/s1. The smallest absolute Gasteiger partial charge is 0.214 e. The van der Waals surface area contributed by atoms with Crippen molar-refractivity contribution in [3.8, 4) is 0 Å². The molecule has 3 rings (SSSR count). The van der Waals surface area contributed by atoms with E-state index in [4.69, 9.17) is 17.0 Å². The van der Waals surface area contributed by atoms with Gasteiger partial charge in [0.25, 0.3) is 0 Å². The van der Waals surface area contributed by atoms with Gasteiger partial charge in [0.2, 0.25) is 5.60 Å². The number of ether oxygens (including phenoxy) is 1. The number of aryl methyl sites for hydroxylation is 1. The Morgan fingerprint density at radius 3 is 2.46 bits per heavy atom. The molecule has 2 atom stereocenters. The molecule has 0 spiro atoms. The van der Waals surface area contributed by atoms with Crippen LogP contribution in [0.5, 0.6) is 0 Å². The lowest BCUT2D eigenvalue weighted by atomic mass is 9.83. The highest BCUT2D eigenvalue weighted by molar-refractivity contribution is 7.92. The Morgan fingerprint density at radius 2 is 2.00 bits per heavy atom. The molecule has 0 bridgehead atoms. The van der Waals surface area contributed by atoms with Crippen molar-refractivity contribution in [2.45, 2.75) is 38.7 Å². The summed E-state index contributed by atoms with van der Waals surface area (Å²) in [6, 6.07) is 0. The number of fused-ring (bicyclic) bond motifs is 1. The van der Waals surface area contributed by atoms with Crippen LogP contribution in [0.1, 0.15) is 33.5 Å². The Bertz CT molecular complexity index is 943. The number of hydrogen-bond acceptors (Lipinski definition) is 8. The maximum atomic E-state index is 13.0. The van der Waals surface area contributed by atoms with Crippen molar-refractivity contribution in [3.05, 3.63) is 17.1 Å². The molecule has 3 heterocycles. The molecule has 0 aromatic carbocycles. The molecule has 0 N–H and O–H groups in total. The van der Waals surface area contributed by atoms with E-state index in [-0.39, 0.29) is 22.3 Å². The highest BCUT2D eigenvalue weighted by Crippen LogP contribution is 2.51. The second kappa shape index (κ2) is 5.64. The predicted octanol–water partition coefficient (Wildman–Crippen LogP) is 0.338. The third-order valence-electron chi connectivity index (χ3n) is 4.69. The van der Waals surface area contributed by atoms with Crippen molar-refractivity contribution in [2.75, 3.05) is 12.9 Å². The van der Waals surface area contributed by atoms with Gasteiger partial charge in [-0.15, -0.1) is 5.10 Å². The number of rotatable bonds is 3. The Kier molecular flexibility index (Phi) is 4.13. The summed E-state index contributed by atoms with van der Waals surface area (Å²) in [6.07, 6.45) is 0. The number of Topliss-reactive ketones (excluding diaryl/α,β-unsaturated/α-hetero) is 1. The van der Waals surface area contributed by atoms with Gasteiger partial charge in [-0.2, -0.15) is 0 Å². The first-order valence-electron chi connectivity index (χ1n) is 7.97. The van der Waals surface area contributed by atoms with E-state index in [1.54, 1.807) is 34.7 Å². The van der Waals surface area contributed by atoms with E-state index >= 15 is 0 Å². The largest absolute Gasteiger partial charge is 0.360 e. The summed E-state index contributed by atoms with van der Waals surface area (Å²) in [6.45, 7) is 7.00. The van der Waals surface area contributed by atoms with E-state index in [2.05, 4.69) is 15.5 Å². The van der Waals surface area contributed by atoms with Gasteiger partial charge < -0.3 is 9.64 Å². The zero-order valence-corrected chi connectivity index (χ0v) is 17.1. The highest BCUT2D eigenvalue weighted by Gasteiger charge is 2.70. The molecule has 0 amide bonds. The zero-order chi connectivity index (χ0) is 19.7. The van der Waals surface area contributed by atoms with Crippen molar-refractivity contribution in [2.24, 2.45) is 12.5 Å². The number of thiocarbonyl (C=S) groups is 1. The lowest BCUT2D eigenvalue weighted by molar-refractivity contribution is -0.125. The fraction of sp³-hybridized carbons (Fsp3) is 0.667. The van der Waals surface area contributed by atoms with Crippen molar-refractivity contribution in [1.29, 1.82) is 0 Å². The molecule has 26 heavy (non-hydrogen) atoms. The molecule has 2 aliphatic rings. The van der Waals surface area contributed by atoms with Crippen molar-refractivity contribution in [1.82, 2.24) is 25.1 Å². The summed E-state index contributed by atoms with van der Waals surface area (Å²) in [7, 11) is -0.738. The average molecular weight is 399 g/mol. The summed E-state index contributed by atoms with van der Waals surface area (Å²) < 4.78 is 32.9. The number of nitrogens with zero attached hydrogens (tertiary/aromatic N) is 5. The van der Waals surface area contributed by atoms with Crippen LogP contribution < -0.4 is 0 Å². The number of tetrazole rings is 1. The van der Waals surface area contributed by atoms with Gasteiger partial charge in [-0.3, -0.25) is 4.79 Å². The molecule has 2 aliphatic heterocycles. The summed E-state index contributed by atoms with van der Waals surface area (Å²) in [5.74, 6) is -0.223. The van der Waals surface area contributed by atoms with Gasteiger partial charge >= 0.3 is 0 Å². The summed E-state index contributed by atoms with van der Waals surface area (Å²) >= 11 is 5.54. The molecular weight excluding hydrogens is 378 g/mol. The van der Waals surface area contributed by atoms with Crippen LogP contribution in [0.2, 0.25) is 0 Å². The van der Waals surface area contributed by atoms with E-state index in [0.29, 0.717) is 11.3 Å². The van der Waals surface area contributed by atoms with Gasteiger partial charge in [-0.25, -0.2) is 13.1 Å². The second-order valence-corrected chi connectivity index (χ2v) is 10.1. The number of methoxy groups -OCH3 is 1. The zero-order valence-electron chi connectivity index (χ0n) is 15.5. The summed E-state index contributed by atoms with van der Waals surface area (Å²) in [5.41, 5.74) is -1.39. The van der Waals surface area contributed by atoms with Gasteiger partial charge in [0, 0.05) is 19.6 Å². The minimum Gasteiger partial charge on any atom is -0.360 e. The second-order valence-electron chi connectivity index (χ2n) is 7.61. The maximum Gasteiger partial charge on any atom is 0.214 e. The molecular formula is C15H21N5O4S2. The minimum absolute atomic E-state index is 0.165. The van der Waals surface area contributed by atoms with Crippen LogP contribution in [-0.2, 0) is 32.0 Å². The Morgan fingerprint density at radius 1 is 1.38 bits per heavy atom. The van der Waals surface area contributed by atoms with Crippen LogP contribution in [-0.4, -0.2) is 62.5 Å². The van der Waals surface area contributed by atoms with Gasteiger partial charge in [-0.1, -0.05) is 33.0 Å². The third-order valence-corrected chi connectivity index (χ3v) is 7.25. The highest BCUT2D eigenvalue weighted by atomic mass is 32.2. The molecule has 0 aliphatic carbocycles. The van der Waals surface area contributed by atoms with Gasteiger partial charge in [0.15, 0.2) is 26.8 Å². The minimum atomic E-state index is -3.69. The number of allylic oxidation sites excluding steroid dienone is 1. The van der Waals surface area contributed by atoms with E-state index in [9.17, 15) is 13.2 Å². The number of sulfone groups is 1. The third kappa shape index (κ3) is 2.30. The first kappa shape index (κ1) is 19.1. The fourth-order valence-corrected chi connectivity index (χ4v) is 6.36. The van der Waals surface area contributed by atoms with Gasteiger partial charge in [0.1, 0.15) is 4.99 Å². The fourth-order valence-electron chi connectivity index (χ4n) is 3.48. The topological polar surface area (TPSA) is 107 Å². The Balaban J connectivity index is 2.22. The Hall–Kier alpha value is -1.72. The van der Waals surface area contributed by atoms with E-state index in [0.717, 1.165) is 0 Å². The lowest BCUT2D eigenvalue weighted by Crippen LogP contribution is -2.76.